The van der Waals surface area contributed by atoms with Crippen molar-refractivity contribution in [2.45, 2.75) is 31.6 Å². The normalized spacial score (nSPS) is 18.0. The predicted octanol–water partition coefficient (Wildman–Crippen LogP) is 3.56. The lowest BCUT2D eigenvalue weighted by molar-refractivity contribution is 0.120. The summed E-state index contributed by atoms with van der Waals surface area (Å²) in [7, 11) is 0. The molecule has 1 fully saturated rings. The van der Waals surface area contributed by atoms with E-state index in [1.165, 1.54) is 28.3 Å². The Labute approximate surface area is 102 Å². The minimum Gasteiger partial charge on any atom is -0.395 e. The summed E-state index contributed by atoms with van der Waals surface area (Å²) >= 11 is 0. The minimum atomic E-state index is 0.0535. The predicted molar refractivity (Wildman–Crippen MR) is 71.3 cm³/mol. The van der Waals surface area contributed by atoms with E-state index in [0.29, 0.717) is 0 Å². The third-order valence-corrected chi connectivity index (χ3v) is 4.32. The Kier molecular flexibility index (Phi) is 2.44. The molecular formula is C16H18O. The highest BCUT2D eigenvalue weighted by molar-refractivity contribution is 5.86. The van der Waals surface area contributed by atoms with E-state index in [1.54, 1.807) is 0 Å². The molecule has 88 valence electrons. The molecule has 1 nitrogen and oxygen atoms in total. The second-order valence-corrected chi connectivity index (χ2v) is 5.30. The van der Waals surface area contributed by atoms with Crippen LogP contribution in [0.5, 0.6) is 0 Å². The Hall–Kier alpha value is -1.34. The van der Waals surface area contributed by atoms with Crippen LogP contribution in [-0.4, -0.2) is 11.7 Å². The van der Waals surface area contributed by atoms with E-state index in [1.807, 2.05) is 0 Å². The molecule has 0 atom stereocenters. The molecule has 2 aromatic rings. The van der Waals surface area contributed by atoms with E-state index < -0.39 is 0 Å². The first-order valence-corrected chi connectivity index (χ1v) is 6.36. The maximum atomic E-state index is 9.62. The lowest BCUT2D eigenvalue weighted by atomic mass is 9.65. The number of fused-ring (bicyclic) bond motifs is 1. The van der Waals surface area contributed by atoms with Crippen molar-refractivity contribution in [1.82, 2.24) is 0 Å². The zero-order valence-corrected chi connectivity index (χ0v) is 10.2. The van der Waals surface area contributed by atoms with Crippen molar-refractivity contribution < 1.29 is 5.11 Å². The first-order valence-electron chi connectivity index (χ1n) is 6.36. The quantitative estimate of drug-likeness (QED) is 0.830. The SMILES string of the molecule is Cc1cccc2cc(C3(CO)CCC3)ccc12. The molecule has 2 aromatic carbocycles. The number of hydrogen-bond donors (Lipinski definition) is 1. The van der Waals surface area contributed by atoms with Crippen LogP contribution in [0, 0.1) is 6.92 Å². The highest BCUT2D eigenvalue weighted by Gasteiger charge is 2.37. The van der Waals surface area contributed by atoms with Gasteiger partial charge in [-0.1, -0.05) is 42.8 Å². The summed E-state index contributed by atoms with van der Waals surface area (Å²) in [6.07, 6.45) is 3.49. The van der Waals surface area contributed by atoms with E-state index in [2.05, 4.69) is 43.3 Å². The van der Waals surface area contributed by atoms with Gasteiger partial charge in [0.1, 0.15) is 0 Å². The maximum absolute atomic E-state index is 9.62. The van der Waals surface area contributed by atoms with Gasteiger partial charge in [-0.15, -0.1) is 0 Å². The van der Waals surface area contributed by atoms with Crippen LogP contribution < -0.4 is 0 Å². The third-order valence-electron chi connectivity index (χ3n) is 4.32. The topological polar surface area (TPSA) is 20.2 Å². The van der Waals surface area contributed by atoms with Crippen molar-refractivity contribution in [3.05, 3.63) is 47.5 Å². The zero-order chi connectivity index (χ0) is 11.9. The van der Waals surface area contributed by atoms with E-state index >= 15 is 0 Å². The molecule has 0 heterocycles. The fourth-order valence-corrected chi connectivity index (χ4v) is 2.92. The molecule has 1 saturated carbocycles. The molecule has 0 aromatic heterocycles. The Morgan fingerprint density at radius 1 is 1.18 bits per heavy atom. The van der Waals surface area contributed by atoms with Gasteiger partial charge in [0.2, 0.25) is 0 Å². The van der Waals surface area contributed by atoms with Crippen molar-refractivity contribution in [1.29, 1.82) is 0 Å². The van der Waals surface area contributed by atoms with E-state index in [9.17, 15) is 5.11 Å². The summed E-state index contributed by atoms with van der Waals surface area (Å²) in [6, 6.07) is 13.1. The molecule has 1 heteroatoms. The molecule has 0 unspecified atom stereocenters. The largest absolute Gasteiger partial charge is 0.395 e. The molecule has 0 bridgehead atoms. The van der Waals surface area contributed by atoms with Crippen LogP contribution in [0.25, 0.3) is 10.8 Å². The molecule has 0 aliphatic heterocycles. The highest BCUT2D eigenvalue weighted by atomic mass is 16.3. The van der Waals surface area contributed by atoms with Gasteiger partial charge < -0.3 is 5.11 Å². The number of aliphatic hydroxyl groups is 1. The lowest BCUT2D eigenvalue weighted by Crippen LogP contribution is -2.37. The van der Waals surface area contributed by atoms with Gasteiger partial charge in [0.05, 0.1) is 6.61 Å². The molecular weight excluding hydrogens is 208 g/mol. The second-order valence-electron chi connectivity index (χ2n) is 5.30. The minimum absolute atomic E-state index is 0.0535. The monoisotopic (exact) mass is 226 g/mol. The smallest absolute Gasteiger partial charge is 0.0527 e. The number of aliphatic hydroxyl groups excluding tert-OH is 1. The van der Waals surface area contributed by atoms with Crippen molar-refractivity contribution in [3.63, 3.8) is 0 Å². The molecule has 1 N–H and O–H groups in total. The van der Waals surface area contributed by atoms with Gasteiger partial charge in [-0.25, -0.2) is 0 Å². The Morgan fingerprint density at radius 3 is 2.65 bits per heavy atom. The molecule has 17 heavy (non-hydrogen) atoms. The average molecular weight is 226 g/mol. The van der Waals surface area contributed by atoms with Crippen LogP contribution >= 0.6 is 0 Å². The van der Waals surface area contributed by atoms with Gasteiger partial charge in [0.25, 0.3) is 0 Å². The van der Waals surface area contributed by atoms with Gasteiger partial charge >= 0.3 is 0 Å². The number of benzene rings is 2. The van der Waals surface area contributed by atoms with Crippen LogP contribution in [0.1, 0.15) is 30.4 Å². The summed E-state index contributed by atoms with van der Waals surface area (Å²) in [6.45, 7) is 2.43. The maximum Gasteiger partial charge on any atom is 0.0527 e. The van der Waals surface area contributed by atoms with E-state index in [0.717, 1.165) is 12.8 Å². The van der Waals surface area contributed by atoms with Gasteiger partial charge in [0.15, 0.2) is 0 Å². The molecule has 0 saturated heterocycles. The molecule has 1 aliphatic carbocycles. The van der Waals surface area contributed by atoms with Gasteiger partial charge in [0, 0.05) is 5.41 Å². The molecule has 0 radical (unpaired) electrons. The van der Waals surface area contributed by atoms with E-state index in [-0.39, 0.29) is 12.0 Å². The summed E-state index contributed by atoms with van der Waals surface area (Å²) < 4.78 is 0. The molecule has 1 aliphatic rings. The Morgan fingerprint density at radius 2 is 2.00 bits per heavy atom. The fraction of sp³-hybridized carbons (Fsp3) is 0.375. The van der Waals surface area contributed by atoms with Gasteiger partial charge in [-0.05, 0) is 41.7 Å². The second kappa shape index (κ2) is 3.85. The molecule has 0 spiro atoms. The van der Waals surface area contributed by atoms with Crippen LogP contribution in [0.15, 0.2) is 36.4 Å². The lowest BCUT2D eigenvalue weighted by Gasteiger charge is -2.41. The van der Waals surface area contributed by atoms with Crippen molar-refractivity contribution >= 4 is 10.8 Å². The van der Waals surface area contributed by atoms with Crippen molar-refractivity contribution in [2.75, 3.05) is 6.61 Å². The number of aryl methyl sites for hydroxylation is 1. The standard InChI is InChI=1S/C16H18O/c1-12-4-2-5-13-10-14(6-7-15(12)13)16(11-17)8-3-9-16/h2,4-7,10,17H,3,8-9,11H2,1H3. The number of hydrogen-bond acceptors (Lipinski definition) is 1. The van der Waals surface area contributed by atoms with Crippen LogP contribution in [0.2, 0.25) is 0 Å². The van der Waals surface area contributed by atoms with Crippen LogP contribution in [0.4, 0.5) is 0 Å². The summed E-state index contributed by atoms with van der Waals surface area (Å²) in [5.41, 5.74) is 2.68. The Bertz CT molecular complexity index is 547. The Balaban J connectivity index is 2.14. The van der Waals surface area contributed by atoms with Crippen LogP contribution in [0.3, 0.4) is 0 Å². The zero-order valence-electron chi connectivity index (χ0n) is 10.2. The van der Waals surface area contributed by atoms with E-state index in [4.69, 9.17) is 0 Å². The molecule has 0 amide bonds. The first-order chi connectivity index (χ1) is 8.25. The first kappa shape index (κ1) is 10.8. The fourth-order valence-electron chi connectivity index (χ4n) is 2.92. The average Bonchev–Trinajstić information content (AvgIpc) is 2.28. The van der Waals surface area contributed by atoms with Gasteiger partial charge in [-0.3, -0.25) is 0 Å². The van der Waals surface area contributed by atoms with Crippen LogP contribution in [-0.2, 0) is 5.41 Å². The molecule has 3 rings (SSSR count). The summed E-state index contributed by atoms with van der Waals surface area (Å²) in [4.78, 5) is 0. The van der Waals surface area contributed by atoms with Gasteiger partial charge in [-0.2, -0.15) is 0 Å². The third kappa shape index (κ3) is 1.57. The summed E-state index contributed by atoms with van der Waals surface area (Å²) in [5, 5.41) is 12.2. The number of rotatable bonds is 2. The summed E-state index contributed by atoms with van der Waals surface area (Å²) in [5.74, 6) is 0. The van der Waals surface area contributed by atoms with Crippen molar-refractivity contribution in [3.8, 4) is 0 Å². The van der Waals surface area contributed by atoms with Crippen molar-refractivity contribution in [2.24, 2.45) is 0 Å². The highest BCUT2D eigenvalue weighted by Crippen LogP contribution is 2.44.